The van der Waals surface area contributed by atoms with Crippen LogP contribution in [-0.4, -0.2) is 22.6 Å². The number of aliphatic hydroxyl groups is 1. The predicted octanol–water partition coefficient (Wildman–Crippen LogP) is 5.06. The van der Waals surface area contributed by atoms with Crippen LogP contribution in [0, 0.1) is 0 Å². The van der Waals surface area contributed by atoms with Crippen LogP contribution in [-0.2, 0) is 17.6 Å². The van der Waals surface area contributed by atoms with Crippen molar-refractivity contribution in [2.24, 2.45) is 0 Å². The summed E-state index contributed by atoms with van der Waals surface area (Å²) < 4.78 is 44.2. The molecule has 0 radical (unpaired) electrons. The molecule has 2 N–H and O–H groups in total. The van der Waals surface area contributed by atoms with Crippen molar-refractivity contribution in [2.75, 3.05) is 11.9 Å². The monoisotopic (exact) mass is 440 g/mol. The van der Waals surface area contributed by atoms with Gasteiger partial charge in [-0.2, -0.15) is 13.2 Å². The van der Waals surface area contributed by atoms with E-state index in [2.05, 4.69) is 10.3 Å². The SMILES string of the molecule is O=C(/C=C1\CCOc2cc(C(F)(F)F)ccc21)Nc1cncc(-c2ccccc2CO)c1. The Morgan fingerprint density at radius 3 is 2.72 bits per heavy atom. The number of aromatic nitrogens is 1. The van der Waals surface area contributed by atoms with E-state index in [0.717, 1.165) is 28.8 Å². The molecule has 1 amide bonds. The fraction of sp³-hybridized carbons (Fsp3) is 0.167. The summed E-state index contributed by atoms with van der Waals surface area (Å²) in [5.41, 5.74) is 2.98. The smallest absolute Gasteiger partial charge is 0.416 e. The van der Waals surface area contributed by atoms with Gasteiger partial charge >= 0.3 is 6.18 Å². The van der Waals surface area contributed by atoms with Gasteiger partial charge in [-0.1, -0.05) is 30.3 Å². The van der Waals surface area contributed by atoms with Crippen LogP contribution in [0.4, 0.5) is 18.9 Å². The minimum atomic E-state index is -4.47. The summed E-state index contributed by atoms with van der Waals surface area (Å²) in [6.45, 7) is 0.0544. The second kappa shape index (κ2) is 8.84. The van der Waals surface area contributed by atoms with Gasteiger partial charge in [-0.25, -0.2) is 0 Å². The van der Waals surface area contributed by atoms with Crippen LogP contribution in [0.15, 0.2) is 67.0 Å². The van der Waals surface area contributed by atoms with E-state index in [1.165, 1.54) is 18.3 Å². The number of alkyl halides is 3. The zero-order valence-corrected chi connectivity index (χ0v) is 16.8. The zero-order valence-electron chi connectivity index (χ0n) is 16.8. The number of nitrogens with zero attached hydrogens (tertiary/aromatic N) is 1. The van der Waals surface area contributed by atoms with E-state index >= 15 is 0 Å². The number of amides is 1. The number of pyridine rings is 1. The summed E-state index contributed by atoms with van der Waals surface area (Å²) in [6, 6.07) is 12.3. The second-order valence-electron chi connectivity index (χ2n) is 7.24. The molecule has 1 aromatic heterocycles. The molecule has 1 aliphatic rings. The lowest BCUT2D eigenvalue weighted by Gasteiger charge is -2.21. The normalized spacial score (nSPS) is 14.6. The number of rotatable bonds is 4. The molecule has 3 aromatic rings. The average Bonchev–Trinajstić information content (AvgIpc) is 2.78. The molecule has 0 fully saturated rings. The zero-order chi connectivity index (χ0) is 22.7. The first-order valence-corrected chi connectivity index (χ1v) is 9.85. The molecular formula is C24H19F3N2O3. The molecule has 0 spiro atoms. The van der Waals surface area contributed by atoms with Crippen LogP contribution in [0.3, 0.4) is 0 Å². The van der Waals surface area contributed by atoms with Crippen molar-refractivity contribution in [3.63, 3.8) is 0 Å². The molecule has 2 aromatic carbocycles. The Hall–Kier alpha value is -3.65. The highest BCUT2D eigenvalue weighted by atomic mass is 19.4. The molecule has 0 bridgehead atoms. The summed E-state index contributed by atoms with van der Waals surface area (Å²) in [6.07, 6.45) is 0.422. The van der Waals surface area contributed by atoms with Crippen molar-refractivity contribution in [2.45, 2.75) is 19.2 Å². The number of benzene rings is 2. The fourth-order valence-corrected chi connectivity index (χ4v) is 3.57. The summed E-state index contributed by atoms with van der Waals surface area (Å²) in [5.74, 6) is -0.323. The van der Waals surface area contributed by atoms with Gasteiger partial charge in [0.05, 0.1) is 30.7 Å². The van der Waals surface area contributed by atoms with E-state index in [1.54, 1.807) is 18.3 Å². The van der Waals surface area contributed by atoms with Crippen LogP contribution < -0.4 is 10.1 Å². The first kappa shape index (κ1) is 21.6. The van der Waals surface area contributed by atoms with Gasteiger partial charge in [0, 0.05) is 29.8 Å². The van der Waals surface area contributed by atoms with Gasteiger partial charge in [-0.15, -0.1) is 0 Å². The minimum Gasteiger partial charge on any atom is -0.493 e. The summed E-state index contributed by atoms with van der Waals surface area (Å²) in [5, 5.41) is 12.3. The predicted molar refractivity (Wildman–Crippen MR) is 114 cm³/mol. The first-order valence-electron chi connectivity index (χ1n) is 9.85. The topological polar surface area (TPSA) is 71.5 Å². The van der Waals surface area contributed by atoms with Crippen LogP contribution in [0.5, 0.6) is 5.75 Å². The number of aliphatic hydroxyl groups excluding tert-OH is 1. The van der Waals surface area contributed by atoms with Crippen molar-refractivity contribution in [3.05, 3.63) is 83.7 Å². The summed E-state index contributed by atoms with van der Waals surface area (Å²) in [4.78, 5) is 16.8. The maximum absolute atomic E-state index is 13.0. The average molecular weight is 440 g/mol. The lowest BCUT2D eigenvalue weighted by Crippen LogP contribution is -2.14. The van der Waals surface area contributed by atoms with Gasteiger partial charge in [0.1, 0.15) is 5.75 Å². The van der Waals surface area contributed by atoms with E-state index in [9.17, 15) is 23.1 Å². The third kappa shape index (κ3) is 4.65. The van der Waals surface area contributed by atoms with Crippen molar-refractivity contribution < 1.29 is 27.8 Å². The Bertz CT molecular complexity index is 1190. The molecular weight excluding hydrogens is 421 g/mol. The summed E-state index contributed by atoms with van der Waals surface area (Å²) >= 11 is 0. The van der Waals surface area contributed by atoms with Gasteiger partial charge in [0.2, 0.25) is 5.91 Å². The second-order valence-corrected chi connectivity index (χ2v) is 7.24. The van der Waals surface area contributed by atoms with Gasteiger partial charge in [-0.3, -0.25) is 9.78 Å². The molecule has 5 nitrogen and oxygen atoms in total. The molecule has 2 heterocycles. The molecule has 0 saturated heterocycles. The number of fused-ring (bicyclic) bond motifs is 1. The molecule has 0 aliphatic carbocycles. The maximum atomic E-state index is 13.0. The number of carbonyl (C=O) groups is 1. The highest BCUT2D eigenvalue weighted by molar-refractivity contribution is 6.04. The number of nitrogens with one attached hydrogen (secondary N) is 1. The molecule has 0 atom stereocenters. The highest BCUT2D eigenvalue weighted by Gasteiger charge is 2.32. The van der Waals surface area contributed by atoms with Crippen LogP contribution >= 0.6 is 0 Å². The molecule has 164 valence electrons. The molecule has 4 rings (SSSR count). The largest absolute Gasteiger partial charge is 0.493 e. The van der Waals surface area contributed by atoms with E-state index in [0.29, 0.717) is 23.2 Å². The van der Waals surface area contributed by atoms with Crippen molar-refractivity contribution in [1.82, 2.24) is 4.98 Å². The molecule has 1 aliphatic heterocycles. The number of ether oxygens (including phenoxy) is 1. The fourth-order valence-electron chi connectivity index (χ4n) is 3.57. The third-order valence-electron chi connectivity index (χ3n) is 5.09. The van der Waals surface area contributed by atoms with E-state index in [4.69, 9.17) is 4.74 Å². The van der Waals surface area contributed by atoms with E-state index in [-0.39, 0.29) is 19.0 Å². The third-order valence-corrected chi connectivity index (χ3v) is 5.09. The standard InChI is InChI=1S/C24H19F3N2O3/c25-24(26,27)18-5-6-21-15(7-8-32-22(21)11-18)10-23(31)29-19-9-17(12-28-13-19)20-4-2-1-3-16(20)14-30/h1-6,9-13,30H,7-8,14H2,(H,29,31)/b15-10+. The van der Waals surface area contributed by atoms with Crippen LogP contribution in [0.25, 0.3) is 16.7 Å². The Morgan fingerprint density at radius 2 is 1.94 bits per heavy atom. The Balaban J connectivity index is 1.56. The minimum absolute atomic E-state index is 0.106. The Labute approximate surface area is 182 Å². The number of carbonyl (C=O) groups excluding carboxylic acids is 1. The van der Waals surface area contributed by atoms with Crippen LogP contribution in [0.2, 0.25) is 0 Å². The molecule has 8 heteroatoms. The summed E-state index contributed by atoms with van der Waals surface area (Å²) in [7, 11) is 0. The number of hydrogen-bond acceptors (Lipinski definition) is 4. The highest BCUT2D eigenvalue weighted by Crippen LogP contribution is 2.38. The van der Waals surface area contributed by atoms with Crippen molar-refractivity contribution in [1.29, 1.82) is 0 Å². The Kier molecular flexibility index (Phi) is 5.96. The lowest BCUT2D eigenvalue weighted by molar-refractivity contribution is -0.137. The first-order chi connectivity index (χ1) is 15.3. The lowest BCUT2D eigenvalue weighted by atomic mass is 9.97. The number of halogens is 3. The van der Waals surface area contributed by atoms with Gasteiger partial charge in [-0.05, 0) is 34.9 Å². The van der Waals surface area contributed by atoms with Crippen LogP contribution in [0.1, 0.15) is 23.1 Å². The van der Waals surface area contributed by atoms with Crippen molar-refractivity contribution in [3.8, 4) is 16.9 Å². The molecule has 0 unspecified atom stereocenters. The quantitative estimate of drug-likeness (QED) is 0.556. The van der Waals surface area contributed by atoms with Gasteiger partial charge < -0.3 is 15.2 Å². The van der Waals surface area contributed by atoms with E-state index < -0.39 is 17.6 Å². The molecule has 0 saturated carbocycles. The van der Waals surface area contributed by atoms with Gasteiger partial charge in [0.25, 0.3) is 0 Å². The van der Waals surface area contributed by atoms with Crippen molar-refractivity contribution >= 4 is 17.2 Å². The number of hydrogen-bond donors (Lipinski definition) is 2. The molecule has 32 heavy (non-hydrogen) atoms. The Morgan fingerprint density at radius 1 is 1.12 bits per heavy atom. The number of anilines is 1. The maximum Gasteiger partial charge on any atom is 0.416 e. The van der Waals surface area contributed by atoms with E-state index in [1.807, 2.05) is 18.2 Å². The van der Waals surface area contributed by atoms with Gasteiger partial charge in [0.15, 0.2) is 0 Å².